The molecule has 0 aliphatic rings. The predicted octanol–water partition coefficient (Wildman–Crippen LogP) is 27.5. The minimum absolute atomic E-state index is 1.03. The van der Waals surface area contributed by atoms with Crippen LogP contribution in [0.3, 0.4) is 0 Å². The summed E-state index contributed by atoms with van der Waals surface area (Å²) in [6.07, 6.45) is 23.9. The van der Waals surface area contributed by atoms with E-state index in [4.69, 9.17) is 0 Å². The van der Waals surface area contributed by atoms with Gasteiger partial charge in [-0.25, -0.2) is 0 Å². The van der Waals surface area contributed by atoms with Gasteiger partial charge in [0.05, 0.1) is 22.8 Å². The lowest BCUT2D eigenvalue weighted by molar-refractivity contribution is 1.21. The molecule has 9 aromatic heterocycles. The topological polar surface area (TPSA) is 116 Å². The summed E-state index contributed by atoms with van der Waals surface area (Å²) in [5.41, 5.74) is 32.2. The second-order valence-corrected chi connectivity index (χ2v) is 27.7. The molecule has 9 aromatic carbocycles. The van der Waals surface area contributed by atoms with Gasteiger partial charge in [-0.15, -0.1) is 0 Å². The third kappa shape index (κ3) is 28.8. The molecule has 18 aromatic rings. The Balaban J connectivity index is 0.000000139. The zero-order valence-corrected chi connectivity index (χ0v) is 68.1. The van der Waals surface area contributed by atoms with Crippen LogP contribution >= 0.6 is 0 Å². The van der Waals surface area contributed by atoms with Gasteiger partial charge in [-0.2, -0.15) is 0 Å². The molecule has 9 nitrogen and oxygen atoms in total. The van der Waals surface area contributed by atoms with Crippen molar-refractivity contribution in [2.24, 2.45) is 0 Å². The van der Waals surface area contributed by atoms with E-state index in [-0.39, 0.29) is 0 Å². The Hall–Kier alpha value is -14.7. The molecule has 117 heavy (non-hydrogen) atoms. The highest BCUT2D eigenvalue weighted by molar-refractivity contribution is 5.69. The molecule has 0 saturated heterocycles. The Morgan fingerprint density at radius 1 is 0.171 bits per heavy atom. The van der Waals surface area contributed by atoms with Gasteiger partial charge in [-0.1, -0.05) is 296 Å². The van der Waals surface area contributed by atoms with Crippen LogP contribution in [-0.2, 0) is 0 Å². The average Bonchev–Trinajstić information content (AvgIpc) is 0.837. The van der Waals surface area contributed by atoms with Crippen LogP contribution in [0.25, 0.3) is 101 Å². The van der Waals surface area contributed by atoms with Crippen molar-refractivity contribution in [2.75, 3.05) is 0 Å². The number of nitrogens with zero attached hydrogens (tertiary/aromatic N) is 9. The number of hydrogen-bond acceptors (Lipinski definition) is 9. The molecular formula is C108H99N9. The molecule has 0 N–H and O–H groups in total. The molecule has 18 rings (SSSR count). The van der Waals surface area contributed by atoms with E-state index >= 15 is 0 Å². The van der Waals surface area contributed by atoms with Crippen LogP contribution in [0.5, 0.6) is 0 Å². The molecular weight excluding hydrogens is 1420 g/mol. The molecule has 0 spiro atoms. The van der Waals surface area contributed by atoms with Crippen molar-refractivity contribution in [3.8, 4) is 101 Å². The van der Waals surface area contributed by atoms with E-state index < -0.39 is 0 Å². The largest absolute Gasteiger partial charge is 0.265 e. The van der Waals surface area contributed by atoms with Crippen molar-refractivity contribution < 1.29 is 0 Å². The number of rotatable bonds is 9. The highest BCUT2D eigenvalue weighted by Crippen LogP contribution is 2.27. The van der Waals surface area contributed by atoms with Crippen molar-refractivity contribution in [3.05, 3.63) is 489 Å². The molecule has 0 saturated carbocycles. The number of benzene rings is 9. The Morgan fingerprint density at radius 3 is 1.03 bits per heavy atom. The molecule has 0 aliphatic heterocycles. The zero-order valence-electron chi connectivity index (χ0n) is 68.1. The molecule has 0 unspecified atom stereocenters. The SMILES string of the molecule is Cc1ccc(-c2ccccc2)nc1.Cc1ccc(-c2cccnc2)cc1.Cc1ccc(-c2cccnc2)cc1.Cc1cccc(-c2ccccc2)n1.Cc1cccc(-c2ccncc2)c1.Cc1ccccc1-c1cccnc1.Cc1ccccc1-c1ccncc1.Cc1cccnc1-c1ccccc1.Cc1ccnc(-c2ccccc2)c1. The molecule has 0 bridgehead atoms. The Bertz CT molecular complexity index is 5220. The summed E-state index contributed by atoms with van der Waals surface area (Å²) in [5, 5.41) is 0. The molecule has 9 heterocycles. The molecule has 576 valence electrons. The van der Waals surface area contributed by atoms with Gasteiger partial charge in [-0.3, -0.25) is 44.9 Å². The van der Waals surface area contributed by atoms with Gasteiger partial charge in [0.2, 0.25) is 0 Å². The van der Waals surface area contributed by atoms with Crippen molar-refractivity contribution in [3.63, 3.8) is 0 Å². The number of hydrogen-bond donors (Lipinski definition) is 0. The fourth-order valence-corrected chi connectivity index (χ4v) is 12.0. The summed E-state index contributed by atoms with van der Waals surface area (Å²) in [7, 11) is 0. The average molecular weight is 1520 g/mol. The first-order valence-electron chi connectivity index (χ1n) is 39.1. The number of aryl methyl sites for hydroxylation is 9. The fraction of sp³-hybridized carbons (Fsp3) is 0.0833. The zero-order chi connectivity index (χ0) is 81.9. The summed E-state index contributed by atoms with van der Waals surface area (Å²) in [6.45, 7) is 18.7. The second kappa shape index (κ2) is 47.0. The maximum Gasteiger partial charge on any atom is 0.0731 e. The van der Waals surface area contributed by atoms with Crippen LogP contribution in [0, 0.1) is 62.3 Å². The van der Waals surface area contributed by atoms with Gasteiger partial charge < -0.3 is 0 Å². The van der Waals surface area contributed by atoms with Crippen LogP contribution in [0.1, 0.15) is 50.2 Å². The number of aromatic nitrogens is 9. The highest BCUT2D eigenvalue weighted by atomic mass is 14.7. The van der Waals surface area contributed by atoms with Crippen LogP contribution in [-0.4, -0.2) is 44.9 Å². The lowest BCUT2D eigenvalue weighted by atomic mass is 10.0. The third-order valence-corrected chi connectivity index (χ3v) is 18.4. The summed E-state index contributed by atoms with van der Waals surface area (Å²) in [4.78, 5) is 37.7. The monoisotopic (exact) mass is 1520 g/mol. The minimum atomic E-state index is 1.03. The smallest absolute Gasteiger partial charge is 0.0731 e. The van der Waals surface area contributed by atoms with Crippen LogP contribution in [0.15, 0.2) is 438 Å². The first kappa shape index (κ1) is 84.8. The standard InChI is InChI=1S/9C12H11N/c2*1-10-4-6-11(7-5-10)12-3-2-8-13-9-12;1-10-5-2-3-7-12(10)11-6-4-8-13-9-11;1-10-3-2-4-12(9-10)11-5-7-13-8-6-11;1-10-6-5-9-13-12(10)11-7-3-2-4-8-11;1-10-6-5-9-12(13-10)11-7-3-2-4-8-11;1-10-4-2-3-5-12(10)11-6-8-13-9-7-11;1-10-7-8-13-12(9-10)11-5-3-2-4-6-11;1-10-7-8-12(13-9-10)11-5-3-2-4-6-11/h9*2-9H,1H3. The Kier molecular flexibility index (Phi) is 34.0. The van der Waals surface area contributed by atoms with Gasteiger partial charge in [0.1, 0.15) is 0 Å². The van der Waals surface area contributed by atoms with E-state index in [1.54, 1.807) is 18.6 Å². The first-order chi connectivity index (χ1) is 57.3. The fourth-order valence-electron chi connectivity index (χ4n) is 12.0. The summed E-state index contributed by atoms with van der Waals surface area (Å²) >= 11 is 0. The lowest BCUT2D eigenvalue weighted by Crippen LogP contribution is -1.85. The first-order valence-corrected chi connectivity index (χ1v) is 39.1. The maximum atomic E-state index is 4.44. The normalized spacial score (nSPS) is 9.92. The Labute approximate surface area is 692 Å². The van der Waals surface area contributed by atoms with E-state index in [0.29, 0.717) is 0 Å². The molecule has 0 atom stereocenters. The van der Waals surface area contributed by atoms with Crippen molar-refractivity contribution in [1.82, 2.24) is 44.9 Å². The minimum Gasteiger partial charge on any atom is -0.265 e. The van der Waals surface area contributed by atoms with Crippen LogP contribution in [0.2, 0.25) is 0 Å². The van der Waals surface area contributed by atoms with E-state index in [0.717, 1.165) is 28.5 Å². The van der Waals surface area contributed by atoms with Crippen LogP contribution < -0.4 is 0 Å². The van der Waals surface area contributed by atoms with E-state index in [2.05, 4.69) is 300 Å². The van der Waals surface area contributed by atoms with Crippen molar-refractivity contribution in [1.29, 1.82) is 0 Å². The second-order valence-electron chi connectivity index (χ2n) is 27.7. The third-order valence-electron chi connectivity index (χ3n) is 18.4. The summed E-state index contributed by atoms with van der Waals surface area (Å²) in [6, 6.07) is 121. The van der Waals surface area contributed by atoms with E-state index in [1.165, 1.54) is 122 Å². The van der Waals surface area contributed by atoms with Crippen molar-refractivity contribution >= 4 is 0 Å². The van der Waals surface area contributed by atoms with Gasteiger partial charge in [-0.05, 0) is 219 Å². The molecule has 0 fully saturated rings. The van der Waals surface area contributed by atoms with E-state index in [1.807, 2.05) is 227 Å². The van der Waals surface area contributed by atoms with Gasteiger partial charge in [0.25, 0.3) is 0 Å². The molecule has 0 amide bonds. The van der Waals surface area contributed by atoms with Gasteiger partial charge in [0, 0.05) is 114 Å². The molecule has 0 aliphatic carbocycles. The predicted molar refractivity (Wildman–Crippen MR) is 490 cm³/mol. The van der Waals surface area contributed by atoms with Gasteiger partial charge >= 0.3 is 0 Å². The highest BCUT2D eigenvalue weighted by Gasteiger charge is 2.05. The lowest BCUT2D eigenvalue weighted by Gasteiger charge is -2.03. The van der Waals surface area contributed by atoms with Crippen molar-refractivity contribution in [2.45, 2.75) is 62.3 Å². The van der Waals surface area contributed by atoms with E-state index in [9.17, 15) is 0 Å². The molecule has 0 radical (unpaired) electrons. The van der Waals surface area contributed by atoms with Crippen LogP contribution in [0.4, 0.5) is 0 Å². The number of pyridine rings is 9. The summed E-state index contributed by atoms with van der Waals surface area (Å²) in [5.74, 6) is 0. The Morgan fingerprint density at radius 2 is 0.573 bits per heavy atom. The quantitative estimate of drug-likeness (QED) is 0.139. The summed E-state index contributed by atoms with van der Waals surface area (Å²) < 4.78 is 0. The van der Waals surface area contributed by atoms with Gasteiger partial charge in [0.15, 0.2) is 0 Å². The molecule has 9 heteroatoms. The maximum absolute atomic E-state index is 4.44.